The molecule has 0 radical (unpaired) electrons. The number of nitro groups is 1. The first-order valence-electron chi connectivity index (χ1n) is 5.14. The molecule has 0 aliphatic rings. The lowest BCUT2D eigenvalue weighted by atomic mass is 10.1. The van der Waals surface area contributed by atoms with Gasteiger partial charge >= 0.3 is 5.69 Å². The summed E-state index contributed by atoms with van der Waals surface area (Å²) < 4.78 is 0. The Morgan fingerprint density at radius 3 is 2.58 bits per heavy atom. The quantitative estimate of drug-likeness (QED) is 0.635. The molecule has 2 N–H and O–H groups in total. The molecule has 8 nitrogen and oxygen atoms in total. The predicted octanol–water partition coefficient (Wildman–Crippen LogP) is 1.34. The van der Waals surface area contributed by atoms with E-state index in [1.807, 2.05) is 0 Å². The number of aromatic nitrogens is 2. The Balaban J connectivity index is 2.30. The molecule has 0 unspecified atom stereocenters. The first-order valence-corrected chi connectivity index (χ1v) is 5.14. The van der Waals surface area contributed by atoms with E-state index in [2.05, 4.69) is 15.3 Å². The largest absolute Gasteiger partial charge is 0.502 e. The third kappa shape index (κ3) is 2.63. The van der Waals surface area contributed by atoms with E-state index in [4.69, 9.17) is 0 Å². The lowest BCUT2D eigenvalue weighted by Crippen LogP contribution is -2.14. The van der Waals surface area contributed by atoms with Crippen LogP contribution in [0.25, 0.3) is 0 Å². The van der Waals surface area contributed by atoms with Crippen LogP contribution in [0, 0.1) is 10.1 Å². The number of nitrogens with zero attached hydrogens (tertiary/aromatic N) is 3. The first kappa shape index (κ1) is 12.4. The fourth-order valence-corrected chi connectivity index (χ4v) is 1.39. The third-order valence-electron chi connectivity index (χ3n) is 2.25. The molecule has 96 valence electrons. The summed E-state index contributed by atoms with van der Waals surface area (Å²) in [5, 5.41) is 22.6. The van der Waals surface area contributed by atoms with Gasteiger partial charge < -0.3 is 5.11 Å². The summed E-state index contributed by atoms with van der Waals surface area (Å²) >= 11 is 0. The molecule has 0 atom stereocenters. The number of carbonyl (C=O) groups excluding carboxylic acids is 1. The van der Waals surface area contributed by atoms with Gasteiger partial charge in [-0.05, 0) is 12.1 Å². The van der Waals surface area contributed by atoms with Crippen LogP contribution in [0.3, 0.4) is 0 Å². The molecule has 0 aliphatic heterocycles. The molecule has 0 saturated heterocycles. The van der Waals surface area contributed by atoms with Crippen molar-refractivity contribution < 1.29 is 14.8 Å². The molecule has 0 saturated carbocycles. The average Bonchev–Trinajstić information content (AvgIpc) is 2.39. The molecule has 0 bridgehead atoms. The molecule has 2 rings (SSSR count). The zero-order valence-electron chi connectivity index (χ0n) is 9.48. The zero-order chi connectivity index (χ0) is 13.8. The highest BCUT2D eigenvalue weighted by Crippen LogP contribution is 2.29. The van der Waals surface area contributed by atoms with Gasteiger partial charge in [0, 0.05) is 18.5 Å². The molecule has 1 aromatic carbocycles. The van der Waals surface area contributed by atoms with E-state index in [0.717, 1.165) is 6.07 Å². The van der Waals surface area contributed by atoms with E-state index in [0.29, 0.717) is 0 Å². The molecule has 8 heteroatoms. The van der Waals surface area contributed by atoms with Crippen molar-refractivity contribution in [1.82, 2.24) is 9.97 Å². The number of carbonyl (C=O) groups is 1. The van der Waals surface area contributed by atoms with Crippen molar-refractivity contribution in [2.24, 2.45) is 0 Å². The average molecular weight is 260 g/mol. The van der Waals surface area contributed by atoms with Gasteiger partial charge in [-0.3, -0.25) is 20.2 Å². The van der Waals surface area contributed by atoms with Crippen molar-refractivity contribution in [2.45, 2.75) is 0 Å². The van der Waals surface area contributed by atoms with Crippen molar-refractivity contribution in [3.8, 4) is 5.75 Å². The summed E-state index contributed by atoms with van der Waals surface area (Å²) in [7, 11) is 0. The number of rotatable bonds is 3. The minimum absolute atomic E-state index is 0.0402. The molecule has 2 aromatic rings. The van der Waals surface area contributed by atoms with Crippen molar-refractivity contribution >= 4 is 17.5 Å². The SMILES string of the molecule is O=C(Nc1ncccn1)c1cccc([N+](=O)[O-])c1O. The summed E-state index contributed by atoms with van der Waals surface area (Å²) in [6.07, 6.45) is 2.85. The summed E-state index contributed by atoms with van der Waals surface area (Å²) in [6, 6.07) is 5.24. The van der Waals surface area contributed by atoms with Crippen molar-refractivity contribution in [3.63, 3.8) is 0 Å². The Morgan fingerprint density at radius 1 is 1.26 bits per heavy atom. The van der Waals surface area contributed by atoms with Gasteiger partial charge in [0.15, 0.2) is 0 Å². The van der Waals surface area contributed by atoms with E-state index in [-0.39, 0.29) is 11.5 Å². The number of anilines is 1. The number of amides is 1. The number of phenolic OH excluding ortho intramolecular Hbond substituents is 1. The van der Waals surface area contributed by atoms with Gasteiger partial charge in [-0.25, -0.2) is 9.97 Å². The van der Waals surface area contributed by atoms with Gasteiger partial charge in [0.1, 0.15) is 0 Å². The number of para-hydroxylation sites is 1. The number of nitro benzene ring substituents is 1. The van der Waals surface area contributed by atoms with E-state index in [9.17, 15) is 20.0 Å². The summed E-state index contributed by atoms with van der Waals surface area (Å²) in [5.74, 6) is -1.38. The van der Waals surface area contributed by atoms with Crippen molar-refractivity contribution in [2.75, 3.05) is 5.32 Å². The minimum Gasteiger partial charge on any atom is -0.502 e. The van der Waals surface area contributed by atoms with Crippen LogP contribution in [0.4, 0.5) is 11.6 Å². The summed E-state index contributed by atoms with van der Waals surface area (Å²) in [5.41, 5.74) is -0.761. The Bertz CT molecular complexity index is 630. The van der Waals surface area contributed by atoms with Gasteiger partial charge in [-0.15, -0.1) is 0 Å². The number of hydrogen-bond acceptors (Lipinski definition) is 6. The van der Waals surface area contributed by atoms with Gasteiger partial charge in [0.05, 0.1) is 10.5 Å². The fraction of sp³-hybridized carbons (Fsp3) is 0. The Morgan fingerprint density at radius 2 is 1.95 bits per heavy atom. The van der Waals surface area contributed by atoms with Crippen molar-refractivity contribution in [1.29, 1.82) is 0 Å². The molecular weight excluding hydrogens is 252 g/mol. The summed E-state index contributed by atoms with van der Waals surface area (Å²) in [4.78, 5) is 29.3. The highest BCUT2D eigenvalue weighted by molar-refractivity contribution is 6.06. The van der Waals surface area contributed by atoms with Gasteiger partial charge in [0.25, 0.3) is 5.91 Å². The van der Waals surface area contributed by atoms with Gasteiger partial charge in [0.2, 0.25) is 11.7 Å². The number of phenols is 1. The lowest BCUT2D eigenvalue weighted by Gasteiger charge is -2.05. The van der Waals surface area contributed by atoms with Gasteiger partial charge in [-0.2, -0.15) is 0 Å². The van der Waals surface area contributed by atoms with E-state index in [1.54, 1.807) is 6.07 Å². The molecule has 1 amide bonds. The van der Waals surface area contributed by atoms with Crippen LogP contribution >= 0.6 is 0 Å². The monoisotopic (exact) mass is 260 g/mol. The molecule has 1 aromatic heterocycles. The number of benzene rings is 1. The van der Waals surface area contributed by atoms with Crippen LogP contribution in [-0.4, -0.2) is 25.9 Å². The Kier molecular flexibility index (Phi) is 3.33. The Labute approximate surface area is 106 Å². The molecule has 1 heterocycles. The summed E-state index contributed by atoms with van der Waals surface area (Å²) in [6.45, 7) is 0. The second-order valence-electron chi connectivity index (χ2n) is 3.46. The second-order valence-corrected chi connectivity index (χ2v) is 3.46. The van der Waals surface area contributed by atoms with Crippen LogP contribution in [-0.2, 0) is 0 Å². The minimum atomic E-state index is -0.773. The number of nitrogens with one attached hydrogen (secondary N) is 1. The smallest absolute Gasteiger partial charge is 0.311 e. The highest BCUT2D eigenvalue weighted by Gasteiger charge is 2.21. The van der Waals surface area contributed by atoms with Crippen LogP contribution in [0.2, 0.25) is 0 Å². The van der Waals surface area contributed by atoms with E-state index >= 15 is 0 Å². The van der Waals surface area contributed by atoms with Crippen LogP contribution in [0.5, 0.6) is 5.75 Å². The third-order valence-corrected chi connectivity index (χ3v) is 2.25. The standard InChI is InChI=1S/C11H8N4O4/c16-9-7(3-1-4-8(9)15(18)19)10(17)14-11-12-5-2-6-13-11/h1-6,16H,(H,12,13,14,17). The maximum atomic E-state index is 11.8. The van der Waals surface area contributed by atoms with E-state index < -0.39 is 22.3 Å². The normalized spacial score (nSPS) is 9.89. The lowest BCUT2D eigenvalue weighted by molar-refractivity contribution is -0.385. The van der Waals surface area contributed by atoms with Crippen LogP contribution in [0.15, 0.2) is 36.7 Å². The second kappa shape index (κ2) is 5.08. The first-order chi connectivity index (χ1) is 9.09. The van der Waals surface area contributed by atoms with Gasteiger partial charge in [-0.1, -0.05) is 6.07 Å². The molecule has 19 heavy (non-hydrogen) atoms. The Hall–Kier alpha value is -3.03. The topological polar surface area (TPSA) is 118 Å². The van der Waals surface area contributed by atoms with E-state index in [1.165, 1.54) is 24.5 Å². The maximum Gasteiger partial charge on any atom is 0.311 e. The fourth-order valence-electron chi connectivity index (χ4n) is 1.39. The molecule has 0 aliphatic carbocycles. The molecular formula is C11H8N4O4. The number of hydrogen-bond donors (Lipinski definition) is 2. The maximum absolute atomic E-state index is 11.8. The van der Waals surface area contributed by atoms with Crippen LogP contribution in [0.1, 0.15) is 10.4 Å². The predicted molar refractivity (Wildman–Crippen MR) is 64.7 cm³/mol. The van der Waals surface area contributed by atoms with Crippen LogP contribution < -0.4 is 5.32 Å². The zero-order valence-corrected chi connectivity index (χ0v) is 9.48. The number of aromatic hydroxyl groups is 1. The van der Waals surface area contributed by atoms with Crippen molar-refractivity contribution in [3.05, 3.63) is 52.3 Å². The highest BCUT2D eigenvalue weighted by atomic mass is 16.6. The molecule has 0 spiro atoms. The molecule has 0 fully saturated rings.